The van der Waals surface area contributed by atoms with Gasteiger partial charge in [0, 0.05) is 45.7 Å². The van der Waals surface area contributed by atoms with Gasteiger partial charge in [0.2, 0.25) is 11.8 Å². The Morgan fingerprint density at radius 2 is 1.47 bits per heavy atom. The first-order chi connectivity index (χ1) is 23.4. The van der Waals surface area contributed by atoms with Crippen LogP contribution in [0.15, 0.2) is 95.9 Å². The SMILES string of the molecule is CC[C@@H](C)NC(=O)[C@H](Cc1ccccc1)N(Cc1c(Cl)cccc1Cl)C(=O)CN(c1ccc(Cl)cc1)S(=O)(=O)c1ccc(OC)c(OC)c1. The van der Waals surface area contributed by atoms with E-state index in [9.17, 15) is 18.0 Å². The number of halogens is 3. The number of anilines is 1. The summed E-state index contributed by atoms with van der Waals surface area (Å²) in [4.78, 5) is 29.9. The van der Waals surface area contributed by atoms with Crippen LogP contribution >= 0.6 is 34.8 Å². The molecule has 9 nitrogen and oxygen atoms in total. The molecule has 4 aromatic carbocycles. The van der Waals surface area contributed by atoms with Crippen LogP contribution < -0.4 is 19.1 Å². The maximum Gasteiger partial charge on any atom is 0.264 e. The molecule has 0 aliphatic carbocycles. The monoisotopic (exact) mass is 745 g/mol. The van der Waals surface area contributed by atoms with Gasteiger partial charge in [0.05, 0.1) is 24.8 Å². The molecule has 0 saturated carbocycles. The second-order valence-electron chi connectivity index (χ2n) is 11.3. The second kappa shape index (κ2) is 17.1. The molecule has 2 amide bonds. The Morgan fingerprint density at radius 3 is 2.06 bits per heavy atom. The van der Waals surface area contributed by atoms with Crippen LogP contribution in [0.2, 0.25) is 15.1 Å². The lowest BCUT2D eigenvalue weighted by atomic mass is 10.0. The Morgan fingerprint density at radius 1 is 0.837 bits per heavy atom. The van der Waals surface area contributed by atoms with E-state index in [1.54, 1.807) is 18.2 Å². The highest BCUT2D eigenvalue weighted by atomic mass is 35.5. The molecule has 0 radical (unpaired) electrons. The molecule has 0 unspecified atom stereocenters. The van der Waals surface area contributed by atoms with Crippen molar-refractivity contribution >= 4 is 62.3 Å². The minimum atomic E-state index is -4.42. The van der Waals surface area contributed by atoms with Crippen LogP contribution in [-0.4, -0.2) is 58.0 Å². The number of nitrogens with zero attached hydrogens (tertiary/aromatic N) is 2. The van der Waals surface area contributed by atoms with Gasteiger partial charge in [-0.3, -0.25) is 13.9 Å². The smallest absolute Gasteiger partial charge is 0.264 e. The molecule has 260 valence electrons. The highest BCUT2D eigenvalue weighted by molar-refractivity contribution is 7.92. The molecule has 0 aliphatic rings. The van der Waals surface area contributed by atoms with Gasteiger partial charge in [-0.1, -0.05) is 78.1 Å². The molecule has 49 heavy (non-hydrogen) atoms. The summed E-state index contributed by atoms with van der Waals surface area (Å²) in [5.74, 6) is -0.564. The Labute approximate surface area is 302 Å². The molecule has 0 spiro atoms. The van der Waals surface area contributed by atoms with Gasteiger partial charge in [0.1, 0.15) is 12.6 Å². The van der Waals surface area contributed by atoms with Gasteiger partial charge in [-0.05, 0) is 67.4 Å². The van der Waals surface area contributed by atoms with E-state index in [2.05, 4.69) is 5.32 Å². The molecule has 0 bridgehead atoms. The van der Waals surface area contributed by atoms with E-state index in [1.807, 2.05) is 44.2 Å². The van der Waals surface area contributed by atoms with Gasteiger partial charge >= 0.3 is 0 Å². The average molecular weight is 747 g/mol. The molecule has 0 aliphatic heterocycles. The van der Waals surface area contributed by atoms with Crippen molar-refractivity contribution in [2.45, 2.75) is 50.2 Å². The van der Waals surface area contributed by atoms with Crippen LogP contribution in [0.4, 0.5) is 5.69 Å². The summed E-state index contributed by atoms with van der Waals surface area (Å²) in [6.07, 6.45) is 0.794. The molecule has 0 saturated heterocycles. The lowest BCUT2D eigenvalue weighted by molar-refractivity contribution is -0.140. The zero-order valence-corrected chi connectivity index (χ0v) is 30.6. The number of rotatable bonds is 15. The molecule has 0 aromatic heterocycles. The van der Waals surface area contributed by atoms with Gasteiger partial charge in [0.15, 0.2) is 11.5 Å². The number of amides is 2. The van der Waals surface area contributed by atoms with Crippen molar-refractivity contribution < 1.29 is 27.5 Å². The van der Waals surface area contributed by atoms with Crippen molar-refractivity contribution in [3.63, 3.8) is 0 Å². The van der Waals surface area contributed by atoms with Gasteiger partial charge in [-0.25, -0.2) is 8.42 Å². The topological polar surface area (TPSA) is 105 Å². The summed E-state index contributed by atoms with van der Waals surface area (Å²) in [6, 6.07) is 23.1. The van der Waals surface area contributed by atoms with E-state index in [4.69, 9.17) is 44.3 Å². The van der Waals surface area contributed by atoms with Gasteiger partial charge in [-0.2, -0.15) is 0 Å². The molecular weight excluding hydrogens is 709 g/mol. The Balaban J connectivity index is 1.86. The lowest BCUT2D eigenvalue weighted by Gasteiger charge is -2.34. The largest absolute Gasteiger partial charge is 0.493 e. The van der Waals surface area contributed by atoms with Crippen molar-refractivity contribution in [1.29, 1.82) is 0 Å². The van der Waals surface area contributed by atoms with E-state index in [0.717, 1.165) is 9.87 Å². The third-order valence-electron chi connectivity index (χ3n) is 8.00. The minimum Gasteiger partial charge on any atom is -0.493 e. The first kappa shape index (κ1) is 37.9. The number of carbonyl (C=O) groups excluding carboxylic acids is 2. The summed E-state index contributed by atoms with van der Waals surface area (Å²) in [6.45, 7) is 2.95. The number of benzene rings is 4. The van der Waals surface area contributed by atoms with Gasteiger partial charge < -0.3 is 19.7 Å². The standard InChI is InChI=1S/C36H38Cl3N3O6S/c1-5-24(2)40-36(44)32(20-25-10-7-6-8-11-25)41(22-29-30(38)12-9-13-31(29)39)35(43)23-42(27-16-14-26(37)15-17-27)49(45,46)28-18-19-33(47-3)34(21-28)48-4/h6-19,21,24,32H,5,20,22-23H2,1-4H3,(H,40,44)/t24-,32+/m1/s1. The molecule has 0 fully saturated rings. The van der Waals surface area contributed by atoms with Crippen LogP contribution in [0.3, 0.4) is 0 Å². The normalized spacial score (nSPS) is 12.5. The summed E-state index contributed by atoms with van der Waals surface area (Å²) in [5, 5.41) is 3.95. The van der Waals surface area contributed by atoms with Crippen molar-refractivity contribution in [2.24, 2.45) is 0 Å². The third-order valence-corrected chi connectivity index (χ3v) is 10.7. The predicted octanol–water partition coefficient (Wildman–Crippen LogP) is 7.41. The summed E-state index contributed by atoms with van der Waals surface area (Å²) in [5.41, 5.74) is 1.38. The third kappa shape index (κ3) is 9.39. The van der Waals surface area contributed by atoms with E-state index < -0.39 is 34.4 Å². The average Bonchev–Trinajstić information content (AvgIpc) is 3.10. The number of hydrogen-bond acceptors (Lipinski definition) is 6. The molecule has 2 atom stereocenters. The predicted molar refractivity (Wildman–Crippen MR) is 194 cm³/mol. The number of sulfonamides is 1. The second-order valence-corrected chi connectivity index (χ2v) is 14.4. The minimum absolute atomic E-state index is 0.139. The molecule has 4 aromatic rings. The van der Waals surface area contributed by atoms with Crippen molar-refractivity contribution in [3.8, 4) is 11.5 Å². The van der Waals surface area contributed by atoms with E-state index >= 15 is 0 Å². The van der Waals surface area contributed by atoms with Gasteiger partial charge in [0.25, 0.3) is 10.0 Å². The van der Waals surface area contributed by atoms with Crippen LogP contribution in [0.1, 0.15) is 31.4 Å². The summed E-state index contributed by atoms with van der Waals surface area (Å²) in [7, 11) is -1.58. The highest BCUT2D eigenvalue weighted by Crippen LogP contribution is 2.33. The number of hydrogen-bond donors (Lipinski definition) is 1. The van der Waals surface area contributed by atoms with Crippen LogP contribution in [0, 0.1) is 0 Å². The molecule has 13 heteroatoms. The molecule has 4 rings (SSSR count). The lowest BCUT2D eigenvalue weighted by Crippen LogP contribution is -2.54. The Hall–Kier alpha value is -3.96. The zero-order valence-electron chi connectivity index (χ0n) is 27.5. The fourth-order valence-electron chi connectivity index (χ4n) is 5.09. The maximum absolute atomic E-state index is 14.7. The van der Waals surface area contributed by atoms with E-state index in [0.29, 0.717) is 32.8 Å². The number of nitrogens with one attached hydrogen (secondary N) is 1. The Bertz CT molecular complexity index is 1840. The fraction of sp³-hybridized carbons (Fsp3) is 0.278. The number of methoxy groups -OCH3 is 2. The first-order valence-corrected chi connectivity index (χ1v) is 18.0. The van der Waals surface area contributed by atoms with E-state index in [-0.39, 0.29) is 35.3 Å². The van der Waals surface area contributed by atoms with Crippen molar-refractivity contribution in [2.75, 3.05) is 25.1 Å². The summed E-state index contributed by atoms with van der Waals surface area (Å²) >= 11 is 19.3. The van der Waals surface area contributed by atoms with Crippen LogP contribution in [0.5, 0.6) is 11.5 Å². The quantitative estimate of drug-likeness (QED) is 0.136. The maximum atomic E-state index is 14.7. The Kier molecular flexibility index (Phi) is 13.2. The summed E-state index contributed by atoms with van der Waals surface area (Å²) < 4.78 is 40.4. The van der Waals surface area contributed by atoms with Crippen LogP contribution in [-0.2, 0) is 32.6 Å². The molecular formula is C36H38Cl3N3O6S. The van der Waals surface area contributed by atoms with E-state index in [1.165, 1.54) is 61.6 Å². The van der Waals surface area contributed by atoms with Crippen LogP contribution in [0.25, 0.3) is 0 Å². The van der Waals surface area contributed by atoms with Gasteiger partial charge in [-0.15, -0.1) is 0 Å². The first-order valence-electron chi connectivity index (χ1n) is 15.5. The highest BCUT2D eigenvalue weighted by Gasteiger charge is 2.36. The van der Waals surface area contributed by atoms with Crippen molar-refractivity contribution in [1.82, 2.24) is 10.2 Å². The molecule has 0 heterocycles. The molecule has 1 N–H and O–H groups in total. The fourth-order valence-corrected chi connectivity index (χ4v) is 7.16. The van der Waals surface area contributed by atoms with Crippen molar-refractivity contribution in [3.05, 3.63) is 117 Å². The number of carbonyl (C=O) groups is 2. The zero-order chi connectivity index (χ0) is 35.7. The number of ether oxygens (including phenoxy) is 2.